The van der Waals surface area contributed by atoms with Crippen LogP contribution in [0.1, 0.15) is 55.3 Å². The lowest BCUT2D eigenvalue weighted by atomic mass is 10.1. The van der Waals surface area contributed by atoms with Crippen LogP contribution < -0.4 is 0 Å². The van der Waals surface area contributed by atoms with Gasteiger partial charge in [0.15, 0.2) is 5.82 Å². The zero-order chi connectivity index (χ0) is 16.9. The van der Waals surface area contributed by atoms with E-state index in [1.54, 1.807) is 0 Å². The first kappa shape index (κ1) is 16.7. The Morgan fingerprint density at radius 2 is 2.29 bits per heavy atom. The molecule has 1 heterocycles. The highest BCUT2D eigenvalue weighted by Gasteiger charge is 2.28. The predicted octanol–water partition coefficient (Wildman–Crippen LogP) is 3.29. The van der Waals surface area contributed by atoms with E-state index in [0.717, 1.165) is 12.8 Å². The third-order valence-corrected chi connectivity index (χ3v) is 4.44. The van der Waals surface area contributed by atoms with Crippen molar-refractivity contribution < 1.29 is 9.26 Å². The minimum absolute atomic E-state index is 0.166. The third-order valence-electron chi connectivity index (χ3n) is 4.44. The smallest absolute Gasteiger partial charge is 0.240 e. The Bertz CT molecular complexity index is 719. The summed E-state index contributed by atoms with van der Waals surface area (Å²) in [6, 6.07) is 8.86. The van der Waals surface area contributed by atoms with Crippen molar-refractivity contribution >= 4 is 0 Å². The van der Waals surface area contributed by atoms with Crippen molar-refractivity contribution in [1.82, 2.24) is 15.0 Å². The number of aryl methyl sites for hydroxylation is 1. The lowest BCUT2D eigenvalue weighted by Crippen LogP contribution is -2.27. The van der Waals surface area contributed by atoms with Gasteiger partial charge < -0.3 is 9.26 Å². The van der Waals surface area contributed by atoms with Crippen molar-refractivity contribution in [3.63, 3.8) is 0 Å². The van der Waals surface area contributed by atoms with E-state index in [4.69, 9.17) is 15.7 Å². The van der Waals surface area contributed by atoms with Gasteiger partial charge in [0.1, 0.15) is 6.10 Å². The minimum Gasteiger partial charge on any atom is -0.371 e. The average molecular weight is 325 g/mol. The molecule has 2 aromatic rings. The Morgan fingerprint density at radius 1 is 1.46 bits per heavy atom. The fraction of sp³-hybridized carbons (Fsp3) is 0.474. The molecule has 0 saturated heterocycles. The number of terminal acetylenes is 1. The molecule has 126 valence electrons. The molecular formula is C19H23N3O2. The molecule has 0 amide bonds. The SMILES string of the molecule is C#CCN(Cc1nc([C@@H](C)OCC)no1)[C@@H]1CCc2ccccc21. The van der Waals surface area contributed by atoms with Crippen LogP contribution in [0.15, 0.2) is 28.8 Å². The van der Waals surface area contributed by atoms with Crippen LogP contribution in [0.2, 0.25) is 0 Å². The minimum atomic E-state index is -0.166. The van der Waals surface area contributed by atoms with Gasteiger partial charge in [-0.25, -0.2) is 0 Å². The largest absolute Gasteiger partial charge is 0.371 e. The molecule has 0 bridgehead atoms. The maximum atomic E-state index is 5.59. The summed E-state index contributed by atoms with van der Waals surface area (Å²) in [5.41, 5.74) is 2.76. The first-order valence-corrected chi connectivity index (χ1v) is 8.42. The van der Waals surface area contributed by atoms with Crippen molar-refractivity contribution in [3.8, 4) is 12.3 Å². The summed E-state index contributed by atoms with van der Waals surface area (Å²) in [5.74, 6) is 3.92. The quantitative estimate of drug-likeness (QED) is 0.731. The average Bonchev–Trinajstić information content (AvgIpc) is 3.21. The van der Waals surface area contributed by atoms with E-state index >= 15 is 0 Å². The maximum Gasteiger partial charge on any atom is 0.240 e. The van der Waals surface area contributed by atoms with E-state index < -0.39 is 0 Å². The van der Waals surface area contributed by atoms with E-state index in [2.05, 4.69) is 45.2 Å². The summed E-state index contributed by atoms with van der Waals surface area (Å²) in [6.45, 7) is 5.59. The number of benzene rings is 1. The molecule has 1 aliphatic rings. The van der Waals surface area contributed by atoms with Crippen LogP contribution in [0, 0.1) is 12.3 Å². The third kappa shape index (κ3) is 3.50. The van der Waals surface area contributed by atoms with Crippen LogP contribution in [0.5, 0.6) is 0 Å². The molecule has 0 aliphatic heterocycles. The maximum absolute atomic E-state index is 5.59. The Kier molecular flexibility index (Phi) is 5.29. The molecule has 0 unspecified atom stereocenters. The first-order chi connectivity index (χ1) is 11.7. The summed E-state index contributed by atoms with van der Waals surface area (Å²) >= 11 is 0. The molecular weight excluding hydrogens is 302 g/mol. The molecule has 0 radical (unpaired) electrons. The number of hydrogen-bond donors (Lipinski definition) is 0. The second-order valence-corrected chi connectivity index (χ2v) is 6.01. The highest BCUT2D eigenvalue weighted by molar-refractivity contribution is 5.34. The number of hydrogen-bond acceptors (Lipinski definition) is 5. The molecule has 1 aromatic carbocycles. The Labute approximate surface area is 143 Å². The van der Waals surface area contributed by atoms with Crippen LogP contribution >= 0.6 is 0 Å². The van der Waals surface area contributed by atoms with Crippen LogP contribution in [0.4, 0.5) is 0 Å². The van der Waals surface area contributed by atoms with Crippen molar-refractivity contribution in [2.75, 3.05) is 13.2 Å². The van der Waals surface area contributed by atoms with E-state index in [1.165, 1.54) is 11.1 Å². The van der Waals surface area contributed by atoms with Gasteiger partial charge in [0, 0.05) is 12.6 Å². The molecule has 0 N–H and O–H groups in total. The molecule has 3 rings (SSSR count). The zero-order valence-corrected chi connectivity index (χ0v) is 14.2. The Balaban J connectivity index is 1.75. The van der Waals surface area contributed by atoms with Gasteiger partial charge in [-0.05, 0) is 37.8 Å². The van der Waals surface area contributed by atoms with E-state index in [1.807, 2.05) is 13.8 Å². The summed E-state index contributed by atoms with van der Waals surface area (Å²) in [4.78, 5) is 6.70. The van der Waals surface area contributed by atoms with Crippen molar-refractivity contribution in [2.24, 2.45) is 0 Å². The molecule has 5 heteroatoms. The number of aromatic nitrogens is 2. The summed E-state index contributed by atoms with van der Waals surface area (Å²) in [7, 11) is 0. The van der Waals surface area contributed by atoms with E-state index in [-0.39, 0.29) is 6.10 Å². The van der Waals surface area contributed by atoms with Crippen molar-refractivity contribution in [1.29, 1.82) is 0 Å². The molecule has 1 aliphatic carbocycles. The lowest BCUT2D eigenvalue weighted by molar-refractivity contribution is 0.0683. The highest BCUT2D eigenvalue weighted by Crippen LogP contribution is 2.36. The van der Waals surface area contributed by atoms with E-state index in [9.17, 15) is 0 Å². The van der Waals surface area contributed by atoms with Gasteiger partial charge in [0.25, 0.3) is 0 Å². The molecule has 0 spiro atoms. The van der Waals surface area contributed by atoms with Crippen LogP contribution in [0.25, 0.3) is 0 Å². The van der Waals surface area contributed by atoms with Gasteiger partial charge in [-0.2, -0.15) is 4.98 Å². The van der Waals surface area contributed by atoms with E-state index in [0.29, 0.717) is 37.5 Å². The number of ether oxygens (including phenoxy) is 1. The van der Waals surface area contributed by atoms with Crippen LogP contribution in [-0.4, -0.2) is 28.2 Å². The monoisotopic (exact) mass is 325 g/mol. The molecule has 5 nitrogen and oxygen atoms in total. The second-order valence-electron chi connectivity index (χ2n) is 6.01. The summed E-state index contributed by atoms with van der Waals surface area (Å²) in [6.07, 6.45) is 7.57. The molecule has 0 fully saturated rings. The number of fused-ring (bicyclic) bond motifs is 1. The predicted molar refractivity (Wildman–Crippen MR) is 91.1 cm³/mol. The van der Waals surface area contributed by atoms with Gasteiger partial charge in [0.05, 0.1) is 13.1 Å². The van der Waals surface area contributed by atoms with Gasteiger partial charge in [-0.1, -0.05) is 35.3 Å². The molecule has 24 heavy (non-hydrogen) atoms. The molecule has 1 aromatic heterocycles. The Morgan fingerprint density at radius 3 is 3.08 bits per heavy atom. The molecule has 2 atom stereocenters. The number of rotatable bonds is 7. The highest BCUT2D eigenvalue weighted by atomic mass is 16.5. The fourth-order valence-corrected chi connectivity index (χ4v) is 3.30. The van der Waals surface area contributed by atoms with Crippen molar-refractivity contribution in [2.45, 2.75) is 45.4 Å². The van der Waals surface area contributed by atoms with Crippen molar-refractivity contribution in [3.05, 3.63) is 47.1 Å². The van der Waals surface area contributed by atoms with Gasteiger partial charge >= 0.3 is 0 Å². The summed E-state index contributed by atoms with van der Waals surface area (Å²) < 4.78 is 10.9. The molecule has 0 saturated carbocycles. The standard InChI is InChI=1S/C19H23N3O2/c1-4-12-22(17-11-10-15-8-6-7-9-16(15)17)13-18-20-19(21-24-18)14(3)23-5-2/h1,6-9,14,17H,5,10-13H2,2-3H3/t14-,17-/m1/s1. The first-order valence-electron chi connectivity index (χ1n) is 8.42. The number of nitrogens with zero attached hydrogens (tertiary/aromatic N) is 3. The topological polar surface area (TPSA) is 51.4 Å². The zero-order valence-electron chi connectivity index (χ0n) is 14.2. The Hall–Kier alpha value is -2.16. The van der Waals surface area contributed by atoms with Gasteiger partial charge in [-0.15, -0.1) is 6.42 Å². The normalized spacial score (nSPS) is 17.7. The van der Waals surface area contributed by atoms with Crippen LogP contribution in [-0.2, 0) is 17.7 Å². The summed E-state index contributed by atoms with van der Waals surface area (Å²) in [5, 5.41) is 4.03. The second kappa shape index (κ2) is 7.61. The van der Waals surface area contributed by atoms with Gasteiger partial charge in [-0.3, -0.25) is 4.90 Å². The lowest BCUT2D eigenvalue weighted by Gasteiger charge is -2.26. The van der Waals surface area contributed by atoms with Gasteiger partial charge in [0.2, 0.25) is 5.89 Å². The van der Waals surface area contributed by atoms with Crippen LogP contribution in [0.3, 0.4) is 0 Å². The fourth-order valence-electron chi connectivity index (χ4n) is 3.30.